The molecule has 0 spiro atoms. The molecule has 0 fully saturated rings. The molecule has 28 heavy (non-hydrogen) atoms. The summed E-state index contributed by atoms with van der Waals surface area (Å²) in [5.74, 6) is -2.47. The largest absolute Gasteiger partial charge is 0.464 e. The van der Waals surface area contributed by atoms with Crippen molar-refractivity contribution in [1.29, 1.82) is 0 Å². The van der Waals surface area contributed by atoms with Gasteiger partial charge in [-0.25, -0.2) is 0 Å². The minimum Gasteiger partial charge on any atom is -0.464 e. The minimum atomic E-state index is -6.59. The van der Waals surface area contributed by atoms with Crippen molar-refractivity contribution in [2.45, 2.75) is 35.9 Å². The Balaban J connectivity index is 2.52. The number of rotatable bonds is 0. The summed E-state index contributed by atoms with van der Waals surface area (Å²) in [7, 11) is 0. The van der Waals surface area contributed by atoms with Crippen LogP contribution in [0.25, 0.3) is 0 Å². The van der Waals surface area contributed by atoms with E-state index in [2.05, 4.69) is 9.47 Å². The summed E-state index contributed by atoms with van der Waals surface area (Å²) in [6.45, 7) is 0. The van der Waals surface area contributed by atoms with E-state index in [1.807, 2.05) is 0 Å². The maximum atomic E-state index is 13.6. The molecule has 0 amide bonds. The topological polar surface area (TPSA) is 18.5 Å². The average molecular weight is 432 g/mol. The number of para-hydroxylation sites is 2. The molecule has 2 nitrogen and oxygen atoms in total. The zero-order chi connectivity index (χ0) is 21.6. The van der Waals surface area contributed by atoms with Crippen LogP contribution in [0.1, 0.15) is 0 Å². The van der Waals surface area contributed by atoms with Gasteiger partial charge in [-0.2, -0.15) is 52.7 Å². The Hall–Kier alpha value is -2.28. The summed E-state index contributed by atoms with van der Waals surface area (Å²) in [6, 6.07) is 2.83. The summed E-state index contributed by atoms with van der Waals surface area (Å²) < 4.78 is 169. The monoisotopic (exact) mass is 432 g/mol. The molecule has 0 saturated carbocycles. The van der Waals surface area contributed by atoms with Gasteiger partial charge in [-0.1, -0.05) is 12.1 Å². The van der Waals surface area contributed by atoms with Crippen LogP contribution in [-0.2, 0) is 0 Å². The summed E-state index contributed by atoms with van der Waals surface area (Å²) in [5.41, 5.74) is -18.1. The third-order valence-corrected chi connectivity index (χ3v) is 4.19. The Morgan fingerprint density at radius 2 is 0.821 bits per heavy atom. The van der Waals surface area contributed by atoms with Crippen LogP contribution in [0.5, 0.6) is 11.5 Å². The first kappa shape index (κ1) is 20.5. The van der Waals surface area contributed by atoms with Crippen molar-refractivity contribution in [2.75, 3.05) is 0 Å². The molecule has 0 N–H and O–H groups in total. The smallest absolute Gasteiger partial charge is 0.437 e. The van der Waals surface area contributed by atoms with Crippen molar-refractivity contribution in [3.05, 3.63) is 35.4 Å². The normalized spacial score (nSPS) is 28.0. The Morgan fingerprint density at radius 1 is 0.536 bits per heavy atom. The molecule has 0 unspecified atom stereocenters. The lowest BCUT2D eigenvalue weighted by Gasteiger charge is -2.61. The van der Waals surface area contributed by atoms with E-state index in [1.165, 1.54) is 0 Å². The highest BCUT2D eigenvalue weighted by Crippen LogP contribution is 2.72. The van der Waals surface area contributed by atoms with Gasteiger partial charge in [0.15, 0.2) is 11.5 Å². The number of ether oxygens (including phenoxy) is 2. The fourth-order valence-electron chi connectivity index (χ4n) is 3.32. The van der Waals surface area contributed by atoms with Crippen LogP contribution in [0.4, 0.5) is 52.7 Å². The highest BCUT2D eigenvalue weighted by atomic mass is 19.4. The second-order valence-electron chi connectivity index (χ2n) is 5.75. The van der Waals surface area contributed by atoms with Gasteiger partial charge in [0.25, 0.3) is 11.2 Å². The summed E-state index contributed by atoms with van der Waals surface area (Å²) in [4.78, 5) is 0. The Labute approximate surface area is 146 Å². The third kappa shape index (κ3) is 2.25. The minimum absolute atomic E-state index is 0.530. The van der Waals surface area contributed by atoms with Gasteiger partial charge in [0.2, 0.25) is 0 Å². The maximum Gasteiger partial charge on any atom is 0.437 e. The zero-order valence-electron chi connectivity index (χ0n) is 12.7. The van der Waals surface area contributed by atoms with E-state index >= 15 is 0 Å². The lowest BCUT2D eigenvalue weighted by Crippen LogP contribution is -2.86. The standard InChI is InChI=1S/C14H4F12O2/c15-11(16,17)7-8(12(18,19)20)10(14(24,25)26)9(7,13(21,22)23)27-5-3-1-2-4-6(5)28-10/h1-4H/t9-,10+. The van der Waals surface area contributed by atoms with Crippen molar-refractivity contribution in [3.8, 4) is 11.5 Å². The Kier molecular flexibility index (Phi) is 3.80. The number of halogens is 12. The van der Waals surface area contributed by atoms with Gasteiger partial charge in [0, 0.05) is 0 Å². The van der Waals surface area contributed by atoms with Gasteiger partial charge in [0.05, 0.1) is 0 Å². The SMILES string of the molecule is FC(F)(F)C1=C(C(F)(F)F)[C@@]2(C(F)(F)F)Oc3ccccc3O[C@@]12C(F)(F)F. The Morgan fingerprint density at radius 3 is 1.04 bits per heavy atom. The fourth-order valence-corrected chi connectivity index (χ4v) is 3.32. The number of fused-ring (bicyclic) bond motifs is 2. The summed E-state index contributed by atoms with van der Waals surface area (Å²) in [6.07, 6.45) is -26.1. The number of hydrogen-bond acceptors (Lipinski definition) is 2. The molecule has 14 heteroatoms. The molecule has 1 aromatic carbocycles. The zero-order valence-corrected chi connectivity index (χ0v) is 12.7. The Bertz CT molecular complexity index is 775. The second-order valence-corrected chi connectivity index (χ2v) is 5.75. The molecule has 0 radical (unpaired) electrons. The molecular formula is C14H4F12O2. The van der Waals surface area contributed by atoms with Crippen molar-refractivity contribution in [3.63, 3.8) is 0 Å². The van der Waals surface area contributed by atoms with Gasteiger partial charge in [-0.3, -0.25) is 0 Å². The molecule has 0 saturated heterocycles. The summed E-state index contributed by atoms with van der Waals surface area (Å²) in [5, 5.41) is 0. The first-order valence-corrected chi connectivity index (χ1v) is 6.91. The lowest BCUT2D eigenvalue weighted by atomic mass is 9.57. The highest BCUT2D eigenvalue weighted by molar-refractivity contribution is 5.63. The molecule has 1 heterocycles. The molecular weight excluding hydrogens is 428 g/mol. The van der Waals surface area contributed by atoms with Crippen LogP contribution in [0.3, 0.4) is 0 Å². The highest BCUT2D eigenvalue weighted by Gasteiger charge is 2.96. The fraction of sp³-hybridized carbons (Fsp3) is 0.429. The maximum absolute atomic E-state index is 13.6. The van der Waals surface area contributed by atoms with E-state index in [-0.39, 0.29) is 0 Å². The number of benzene rings is 1. The molecule has 3 rings (SSSR count). The van der Waals surface area contributed by atoms with E-state index in [0.29, 0.717) is 12.1 Å². The van der Waals surface area contributed by atoms with Gasteiger partial charge in [0.1, 0.15) is 11.1 Å². The van der Waals surface area contributed by atoms with Crippen molar-refractivity contribution in [2.24, 2.45) is 0 Å². The van der Waals surface area contributed by atoms with E-state index in [1.54, 1.807) is 0 Å². The van der Waals surface area contributed by atoms with Crippen LogP contribution < -0.4 is 9.47 Å². The third-order valence-electron chi connectivity index (χ3n) is 4.19. The molecule has 2 atom stereocenters. The molecule has 1 aliphatic carbocycles. The van der Waals surface area contributed by atoms with E-state index < -0.39 is 58.6 Å². The predicted molar refractivity (Wildman–Crippen MR) is 64.4 cm³/mol. The van der Waals surface area contributed by atoms with Crippen molar-refractivity contribution in [1.82, 2.24) is 0 Å². The molecule has 0 bridgehead atoms. The predicted octanol–water partition coefficient (Wildman–Crippen LogP) is 5.49. The van der Waals surface area contributed by atoms with Gasteiger partial charge in [-0.05, 0) is 12.1 Å². The van der Waals surface area contributed by atoms with Gasteiger partial charge < -0.3 is 9.47 Å². The quantitative estimate of drug-likeness (QED) is 0.399. The number of alkyl halides is 12. The van der Waals surface area contributed by atoms with Crippen LogP contribution in [-0.4, -0.2) is 35.9 Å². The van der Waals surface area contributed by atoms with Crippen LogP contribution in [0, 0.1) is 0 Å². The average Bonchev–Trinajstić information content (AvgIpc) is 2.43. The van der Waals surface area contributed by atoms with Gasteiger partial charge >= 0.3 is 24.7 Å². The van der Waals surface area contributed by atoms with Crippen LogP contribution >= 0.6 is 0 Å². The second kappa shape index (κ2) is 5.20. The van der Waals surface area contributed by atoms with Crippen molar-refractivity contribution < 1.29 is 62.2 Å². The van der Waals surface area contributed by atoms with Crippen LogP contribution in [0.2, 0.25) is 0 Å². The van der Waals surface area contributed by atoms with E-state index in [9.17, 15) is 52.7 Å². The molecule has 0 aromatic heterocycles. The van der Waals surface area contributed by atoms with E-state index in [0.717, 1.165) is 12.1 Å². The van der Waals surface area contributed by atoms with E-state index in [4.69, 9.17) is 0 Å². The lowest BCUT2D eigenvalue weighted by molar-refractivity contribution is -0.388. The van der Waals surface area contributed by atoms with Crippen molar-refractivity contribution >= 4 is 0 Å². The molecule has 156 valence electrons. The summed E-state index contributed by atoms with van der Waals surface area (Å²) >= 11 is 0. The first-order chi connectivity index (χ1) is 12.4. The molecule has 1 aliphatic heterocycles. The van der Waals surface area contributed by atoms with Crippen LogP contribution in [0.15, 0.2) is 35.4 Å². The van der Waals surface area contributed by atoms with Gasteiger partial charge in [-0.15, -0.1) is 0 Å². The number of hydrogen-bond donors (Lipinski definition) is 0. The molecule has 1 aromatic rings. The first-order valence-electron chi connectivity index (χ1n) is 6.91. The molecule has 2 aliphatic rings.